The van der Waals surface area contributed by atoms with Gasteiger partial charge in [-0.05, 0) is 36.7 Å². The lowest BCUT2D eigenvalue weighted by Gasteiger charge is -2.16. The first-order valence-corrected chi connectivity index (χ1v) is 10.0. The van der Waals surface area contributed by atoms with Gasteiger partial charge in [0.1, 0.15) is 12.4 Å². The fourth-order valence-corrected chi connectivity index (χ4v) is 3.57. The zero-order valence-corrected chi connectivity index (χ0v) is 18.1. The van der Waals surface area contributed by atoms with Gasteiger partial charge >= 0.3 is 0 Å². The van der Waals surface area contributed by atoms with Crippen LogP contribution in [0.3, 0.4) is 0 Å². The van der Waals surface area contributed by atoms with E-state index >= 15 is 0 Å². The first kappa shape index (κ1) is 22.7. The number of halogens is 2. The Bertz CT molecular complexity index is 1130. The quantitative estimate of drug-likeness (QED) is 0.393. The molecule has 0 amide bonds. The van der Waals surface area contributed by atoms with Gasteiger partial charge in [-0.2, -0.15) is 0 Å². The Kier molecular flexibility index (Phi) is 7.93. The number of hydrogen-bond donors (Lipinski definition) is 2. The summed E-state index contributed by atoms with van der Waals surface area (Å²) in [6.45, 7) is 1.60. The van der Waals surface area contributed by atoms with Crippen molar-refractivity contribution < 1.29 is 26.3 Å². The molecule has 0 saturated carbocycles. The number of rotatable bonds is 9. The predicted octanol–water partition coefficient (Wildman–Crippen LogP) is 2.23. The molecule has 0 radical (unpaired) electrons. The molecule has 0 atom stereocenters. The summed E-state index contributed by atoms with van der Waals surface area (Å²) in [5, 5.41) is 4.74. The second-order valence-corrected chi connectivity index (χ2v) is 7.11. The first-order chi connectivity index (χ1) is 14.8. The Morgan fingerprint density at radius 1 is 0.903 bits per heavy atom. The topological polar surface area (TPSA) is 46.3 Å². The number of ether oxygens (including phenoxy) is 2. The van der Waals surface area contributed by atoms with E-state index in [1.165, 1.54) is 17.0 Å². The van der Waals surface area contributed by atoms with E-state index in [0.717, 1.165) is 24.0 Å². The van der Waals surface area contributed by atoms with Gasteiger partial charge in [-0.15, -0.1) is 0 Å². The molecule has 2 N–H and O–H groups in total. The monoisotopic (exact) mass is 439 g/mol. The van der Waals surface area contributed by atoms with Crippen LogP contribution < -0.4 is 27.2 Å². The van der Waals surface area contributed by atoms with Gasteiger partial charge in [0.05, 0.1) is 7.11 Å². The van der Waals surface area contributed by atoms with Gasteiger partial charge in [0.25, 0.3) is 0 Å². The molecule has 0 aliphatic rings. The van der Waals surface area contributed by atoms with E-state index in [0.29, 0.717) is 23.6 Å². The molecule has 4 rings (SSSR count). The molecule has 3 aromatic carbocycles. The summed E-state index contributed by atoms with van der Waals surface area (Å²) in [5.41, 5.74) is 3.94. The van der Waals surface area contributed by atoms with Crippen LogP contribution in [-0.4, -0.2) is 18.6 Å². The largest absolute Gasteiger partial charge is 1.00 e. The highest BCUT2D eigenvalue weighted by Gasteiger charge is 2.12. The highest BCUT2D eigenvalue weighted by Crippen LogP contribution is 2.32. The number of H-pyrrole nitrogens is 1. The van der Waals surface area contributed by atoms with Crippen molar-refractivity contribution in [2.45, 2.75) is 19.6 Å². The summed E-state index contributed by atoms with van der Waals surface area (Å²) in [6, 6.07) is 20.7. The molecule has 0 saturated heterocycles. The Morgan fingerprint density at radius 2 is 1.68 bits per heavy atom. The number of methoxy groups -OCH3 is 1. The maximum absolute atomic E-state index is 13.9. The number of aromatic nitrogens is 1. The van der Waals surface area contributed by atoms with E-state index in [1.54, 1.807) is 25.3 Å². The summed E-state index contributed by atoms with van der Waals surface area (Å²) in [4.78, 5) is 3.31. The van der Waals surface area contributed by atoms with Crippen molar-refractivity contribution in [3.8, 4) is 11.5 Å². The van der Waals surface area contributed by atoms with Crippen LogP contribution in [0.2, 0.25) is 0 Å². The average molecular weight is 440 g/mol. The second kappa shape index (κ2) is 10.8. The molecule has 1 aromatic heterocycles. The molecule has 162 valence electrons. The maximum Gasteiger partial charge on any atom is 0.166 e. The molecule has 4 nitrogen and oxygen atoms in total. The van der Waals surface area contributed by atoms with Crippen molar-refractivity contribution in [1.82, 2.24) is 10.3 Å². The molecular formula is C25H25ClFN2O2-. The van der Waals surface area contributed by atoms with Gasteiger partial charge in [-0.1, -0.05) is 48.5 Å². The van der Waals surface area contributed by atoms with Gasteiger partial charge in [0.2, 0.25) is 0 Å². The van der Waals surface area contributed by atoms with Crippen molar-refractivity contribution in [1.29, 1.82) is 0 Å². The van der Waals surface area contributed by atoms with Crippen molar-refractivity contribution in [2.24, 2.45) is 0 Å². The maximum atomic E-state index is 13.9. The minimum Gasteiger partial charge on any atom is -1.00 e. The predicted molar refractivity (Wildman–Crippen MR) is 117 cm³/mol. The van der Waals surface area contributed by atoms with Gasteiger partial charge in [-0.3, -0.25) is 0 Å². The summed E-state index contributed by atoms with van der Waals surface area (Å²) < 4.78 is 25.4. The normalized spacial score (nSPS) is 10.6. The van der Waals surface area contributed by atoms with Crippen molar-refractivity contribution >= 4 is 10.9 Å². The van der Waals surface area contributed by atoms with Crippen LogP contribution in [0.1, 0.15) is 16.7 Å². The lowest BCUT2D eigenvalue weighted by molar-refractivity contribution is -0.00000721. The number of hydrogen-bond acceptors (Lipinski definition) is 3. The second-order valence-electron chi connectivity index (χ2n) is 7.11. The number of benzene rings is 3. The molecule has 0 spiro atoms. The van der Waals surface area contributed by atoms with Crippen LogP contribution in [-0.2, 0) is 19.6 Å². The van der Waals surface area contributed by atoms with E-state index < -0.39 is 0 Å². The summed E-state index contributed by atoms with van der Waals surface area (Å²) >= 11 is 0. The Morgan fingerprint density at radius 3 is 2.52 bits per heavy atom. The van der Waals surface area contributed by atoms with Crippen molar-refractivity contribution in [3.05, 3.63) is 95.4 Å². The van der Waals surface area contributed by atoms with E-state index in [-0.39, 0.29) is 24.8 Å². The summed E-state index contributed by atoms with van der Waals surface area (Å²) in [6.07, 6.45) is 2.99. The van der Waals surface area contributed by atoms with Gasteiger partial charge in [-0.25, -0.2) is 4.39 Å². The highest BCUT2D eigenvalue weighted by atomic mass is 35.5. The van der Waals surface area contributed by atoms with Crippen LogP contribution in [0.4, 0.5) is 4.39 Å². The minimum atomic E-state index is -0.272. The van der Waals surface area contributed by atoms with Crippen molar-refractivity contribution in [3.63, 3.8) is 0 Å². The van der Waals surface area contributed by atoms with Crippen LogP contribution in [0.15, 0.2) is 72.9 Å². The van der Waals surface area contributed by atoms with Gasteiger partial charge < -0.3 is 32.2 Å². The third-order valence-corrected chi connectivity index (χ3v) is 5.17. The molecule has 0 fully saturated rings. The fourth-order valence-electron chi connectivity index (χ4n) is 3.57. The highest BCUT2D eigenvalue weighted by molar-refractivity contribution is 5.83. The molecule has 0 unspecified atom stereocenters. The molecular weight excluding hydrogens is 415 g/mol. The molecule has 0 aliphatic heterocycles. The summed E-state index contributed by atoms with van der Waals surface area (Å²) in [5.74, 6) is 1.01. The third-order valence-electron chi connectivity index (χ3n) is 5.17. The molecule has 31 heavy (non-hydrogen) atoms. The lowest BCUT2D eigenvalue weighted by atomic mass is 10.1. The average Bonchev–Trinajstić information content (AvgIpc) is 3.19. The van der Waals surface area contributed by atoms with E-state index in [1.807, 2.05) is 24.3 Å². The minimum absolute atomic E-state index is 0. The zero-order chi connectivity index (χ0) is 20.8. The van der Waals surface area contributed by atoms with Gasteiger partial charge in [0.15, 0.2) is 11.5 Å². The van der Waals surface area contributed by atoms with Gasteiger partial charge in [0, 0.05) is 34.8 Å². The zero-order valence-electron chi connectivity index (χ0n) is 17.3. The first-order valence-electron chi connectivity index (χ1n) is 10.0. The van der Waals surface area contributed by atoms with Crippen molar-refractivity contribution in [2.75, 3.05) is 13.7 Å². The van der Waals surface area contributed by atoms with E-state index in [9.17, 15) is 4.39 Å². The lowest BCUT2D eigenvalue weighted by Crippen LogP contribution is -3.00. The van der Waals surface area contributed by atoms with Crippen LogP contribution >= 0.6 is 0 Å². The number of aromatic amines is 1. The van der Waals surface area contributed by atoms with Crippen LogP contribution in [0.5, 0.6) is 11.5 Å². The molecule has 0 bridgehead atoms. The molecule has 6 heteroatoms. The van der Waals surface area contributed by atoms with Crippen LogP contribution in [0, 0.1) is 5.82 Å². The van der Waals surface area contributed by atoms with Crippen LogP contribution in [0.25, 0.3) is 10.9 Å². The number of nitrogens with one attached hydrogen (secondary N) is 2. The Hall–Kier alpha value is -3.02. The molecule has 4 aromatic rings. The van der Waals surface area contributed by atoms with E-state index in [2.05, 4.69) is 34.7 Å². The number of para-hydroxylation sites is 2. The Balaban J connectivity index is 0.00000272. The smallest absolute Gasteiger partial charge is 0.166 e. The molecule has 1 heterocycles. The number of fused-ring (bicyclic) bond motifs is 1. The SMILES string of the molecule is COc1cccc(CNCCc2c[nH]c3ccccc23)c1OCc1ccccc1F.[Cl-]. The summed E-state index contributed by atoms with van der Waals surface area (Å²) in [7, 11) is 1.61. The third kappa shape index (κ3) is 5.37. The standard InChI is InChI=1S/C25H25FN2O2.ClH/c1-29-24-12-6-8-19(25(24)30-17-20-7-2-4-10-22(20)26)15-27-14-13-18-16-28-23-11-5-3-9-21(18)23;/h2-12,16,27-28H,13-15,17H2,1H3;1H/p-1. The Labute approximate surface area is 187 Å². The fraction of sp³-hybridized carbons (Fsp3) is 0.200. The van der Waals surface area contributed by atoms with E-state index in [4.69, 9.17) is 9.47 Å². The molecule has 0 aliphatic carbocycles.